The first kappa shape index (κ1) is 12.1. The molecule has 1 aromatic heterocycles. The summed E-state index contributed by atoms with van der Waals surface area (Å²) in [7, 11) is 0. The highest BCUT2D eigenvalue weighted by molar-refractivity contribution is 5.80. The number of anilines is 1. The Bertz CT molecular complexity index is 458. The number of aromatic nitrogens is 2. The van der Waals surface area contributed by atoms with Crippen molar-refractivity contribution in [3.63, 3.8) is 0 Å². The Morgan fingerprint density at radius 3 is 2.53 bits per heavy atom. The molecule has 3 rings (SSSR count). The maximum absolute atomic E-state index is 12.3. The van der Waals surface area contributed by atoms with E-state index in [9.17, 15) is 4.79 Å². The van der Waals surface area contributed by atoms with Gasteiger partial charge in [-0.15, -0.1) is 5.10 Å². The predicted octanol–water partition coefficient (Wildman–Crippen LogP) is 1.09. The highest BCUT2D eigenvalue weighted by atomic mass is 16.2. The van der Waals surface area contributed by atoms with Gasteiger partial charge in [0.2, 0.25) is 5.91 Å². The lowest BCUT2D eigenvalue weighted by molar-refractivity contribution is -0.135. The molecule has 0 aromatic carbocycles. The number of hydrogen-bond donors (Lipinski definition) is 0. The second kappa shape index (κ2) is 5.38. The number of carbonyl (C=O) groups is 1. The summed E-state index contributed by atoms with van der Waals surface area (Å²) in [6, 6.07) is 3.86. The van der Waals surface area contributed by atoms with E-state index in [2.05, 4.69) is 27.2 Å². The fourth-order valence-corrected chi connectivity index (χ4v) is 2.70. The quantitative estimate of drug-likeness (QED) is 0.745. The lowest BCUT2D eigenvalue weighted by Crippen LogP contribution is -2.50. The van der Waals surface area contributed by atoms with Gasteiger partial charge < -0.3 is 9.80 Å². The molecular weight excluding hydrogens is 240 g/mol. The molecule has 19 heavy (non-hydrogen) atoms. The van der Waals surface area contributed by atoms with Gasteiger partial charge in [-0.25, -0.2) is 0 Å². The number of piperazine rings is 1. The molecule has 0 bridgehead atoms. The van der Waals surface area contributed by atoms with Crippen LogP contribution in [0.15, 0.2) is 30.5 Å². The molecule has 1 amide bonds. The van der Waals surface area contributed by atoms with Crippen molar-refractivity contribution >= 4 is 11.7 Å². The summed E-state index contributed by atoms with van der Waals surface area (Å²) in [5, 5.41) is 8.01. The predicted molar refractivity (Wildman–Crippen MR) is 72.7 cm³/mol. The van der Waals surface area contributed by atoms with Crippen molar-refractivity contribution in [3.8, 4) is 0 Å². The van der Waals surface area contributed by atoms with E-state index in [1.54, 1.807) is 6.20 Å². The van der Waals surface area contributed by atoms with Gasteiger partial charge in [0.25, 0.3) is 0 Å². The molecular formula is C14H18N4O. The number of nitrogens with zero attached hydrogens (tertiary/aromatic N) is 4. The minimum absolute atomic E-state index is 0.183. The molecule has 0 unspecified atom stereocenters. The van der Waals surface area contributed by atoms with E-state index in [0.717, 1.165) is 44.8 Å². The van der Waals surface area contributed by atoms with Crippen LogP contribution < -0.4 is 4.90 Å². The zero-order valence-electron chi connectivity index (χ0n) is 10.9. The third-order valence-corrected chi connectivity index (χ3v) is 3.83. The van der Waals surface area contributed by atoms with Crippen LogP contribution in [0.5, 0.6) is 0 Å². The maximum atomic E-state index is 12.3. The van der Waals surface area contributed by atoms with Gasteiger partial charge in [-0.2, -0.15) is 5.10 Å². The molecule has 5 nitrogen and oxygen atoms in total. The minimum Gasteiger partial charge on any atom is -0.352 e. The monoisotopic (exact) mass is 258 g/mol. The molecule has 1 aliphatic heterocycles. The summed E-state index contributed by atoms with van der Waals surface area (Å²) in [5.74, 6) is 1.39. The summed E-state index contributed by atoms with van der Waals surface area (Å²) in [6.45, 7) is 3.24. The van der Waals surface area contributed by atoms with Crippen molar-refractivity contribution < 1.29 is 4.79 Å². The average Bonchev–Trinajstić information content (AvgIpc) is 3.02. The molecule has 0 atom stereocenters. The Balaban J connectivity index is 1.56. The summed E-state index contributed by atoms with van der Waals surface area (Å²) in [5.41, 5.74) is 0. The van der Waals surface area contributed by atoms with Crippen molar-refractivity contribution in [3.05, 3.63) is 30.5 Å². The Morgan fingerprint density at radius 2 is 1.89 bits per heavy atom. The normalized spacial score (nSPS) is 20.0. The number of rotatable bonds is 2. The third kappa shape index (κ3) is 2.59. The average molecular weight is 258 g/mol. The highest BCUT2D eigenvalue weighted by Gasteiger charge is 2.27. The molecule has 100 valence electrons. The maximum Gasteiger partial charge on any atom is 0.226 e. The Hall–Kier alpha value is -1.91. The lowest BCUT2D eigenvalue weighted by atomic mass is 10.1. The zero-order chi connectivity index (χ0) is 13.1. The lowest BCUT2D eigenvalue weighted by Gasteiger charge is -2.36. The summed E-state index contributed by atoms with van der Waals surface area (Å²) >= 11 is 0. The molecule has 1 aromatic rings. The van der Waals surface area contributed by atoms with Crippen LogP contribution in [-0.4, -0.2) is 47.2 Å². The van der Waals surface area contributed by atoms with E-state index >= 15 is 0 Å². The van der Waals surface area contributed by atoms with Gasteiger partial charge in [0.1, 0.15) is 0 Å². The van der Waals surface area contributed by atoms with Crippen LogP contribution in [-0.2, 0) is 4.79 Å². The van der Waals surface area contributed by atoms with Gasteiger partial charge in [-0.3, -0.25) is 4.79 Å². The molecule has 1 fully saturated rings. The van der Waals surface area contributed by atoms with Crippen LogP contribution in [0.1, 0.15) is 12.8 Å². The fourth-order valence-electron chi connectivity index (χ4n) is 2.70. The van der Waals surface area contributed by atoms with Gasteiger partial charge in [0.15, 0.2) is 5.82 Å². The SMILES string of the molecule is O=C(C1CC=CC1)N1CCN(c2cccnn2)CC1. The zero-order valence-corrected chi connectivity index (χ0v) is 10.9. The Morgan fingerprint density at radius 1 is 1.16 bits per heavy atom. The summed E-state index contributed by atoms with van der Waals surface area (Å²) in [6.07, 6.45) is 7.71. The third-order valence-electron chi connectivity index (χ3n) is 3.83. The number of allylic oxidation sites excluding steroid dienone is 2. The van der Waals surface area contributed by atoms with Gasteiger partial charge in [-0.05, 0) is 25.0 Å². The minimum atomic E-state index is 0.183. The van der Waals surface area contributed by atoms with Crippen LogP contribution in [0.2, 0.25) is 0 Å². The second-order valence-electron chi connectivity index (χ2n) is 5.03. The molecule has 0 spiro atoms. The van der Waals surface area contributed by atoms with Crippen molar-refractivity contribution in [2.75, 3.05) is 31.1 Å². The highest BCUT2D eigenvalue weighted by Crippen LogP contribution is 2.21. The van der Waals surface area contributed by atoms with Crippen molar-refractivity contribution in [2.24, 2.45) is 5.92 Å². The van der Waals surface area contributed by atoms with E-state index in [4.69, 9.17) is 0 Å². The second-order valence-corrected chi connectivity index (χ2v) is 5.03. The van der Waals surface area contributed by atoms with Crippen molar-refractivity contribution in [1.82, 2.24) is 15.1 Å². The van der Waals surface area contributed by atoms with Gasteiger partial charge in [0.05, 0.1) is 0 Å². The molecule has 0 N–H and O–H groups in total. The largest absolute Gasteiger partial charge is 0.352 e. The van der Waals surface area contributed by atoms with Crippen LogP contribution in [0.4, 0.5) is 5.82 Å². The topological polar surface area (TPSA) is 49.3 Å². The summed E-state index contributed by atoms with van der Waals surface area (Å²) < 4.78 is 0. The first-order valence-electron chi connectivity index (χ1n) is 6.81. The molecule has 0 saturated carbocycles. The number of carbonyl (C=O) groups excluding carboxylic acids is 1. The Labute approximate surface area is 112 Å². The van der Waals surface area contributed by atoms with E-state index in [0.29, 0.717) is 5.91 Å². The van der Waals surface area contributed by atoms with Crippen molar-refractivity contribution in [1.29, 1.82) is 0 Å². The molecule has 5 heteroatoms. The number of amides is 1. The standard InChI is InChI=1S/C14H18N4O/c19-14(12-4-1-2-5-12)18-10-8-17(9-11-18)13-6-3-7-15-16-13/h1-3,6-7,12H,4-5,8-11H2. The van der Waals surface area contributed by atoms with Gasteiger partial charge >= 0.3 is 0 Å². The van der Waals surface area contributed by atoms with E-state index in [-0.39, 0.29) is 5.92 Å². The van der Waals surface area contributed by atoms with Crippen LogP contribution in [0.25, 0.3) is 0 Å². The molecule has 0 radical (unpaired) electrons. The van der Waals surface area contributed by atoms with Crippen LogP contribution in [0.3, 0.4) is 0 Å². The molecule has 1 aliphatic carbocycles. The molecule has 2 aliphatic rings. The van der Waals surface area contributed by atoms with Gasteiger partial charge in [0, 0.05) is 38.3 Å². The van der Waals surface area contributed by atoms with Crippen LogP contribution >= 0.6 is 0 Å². The molecule has 2 heterocycles. The van der Waals surface area contributed by atoms with Gasteiger partial charge in [-0.1, -0.05) is 12.2 Å². The van der Waals surface area contributed by atoms with Crippen molar-refractivity contribution in [2.45, 2.75) is 12.8 Å². The first-order chi connectivity index (χ1) is 9.34. The fraction of sp³-hybridized carbons (Fsp3) is 0.500. The van der Waals surface area contributed by atoms with E-state index < -0.39 is 0 Å². The first-order valence-corrected chi connectivity index (χ1v) is 6.81. The van der Waals surface area contributed by atoms with E-state index in [1.165, 1.54) is 0 Å². The van der Waals surface area contributed by atoms with Crippen LogP contribution in [0, 0.1) is 5.92 Å². The summed E-state index contributed by atoms with van der Waals surface area (Å²) in [4.78, 5) is 16.5. The smallest absolute Gasteiger partial charge is 0.226 e. The van der Waals surface area contributed by atoms with E-state index in [1.807, 2.05) is 17.0 Å². The Kier molecular flexibility index (Phi) is 3.44. The molecule has 1 saturated heterocycles. The number of hydrogen-bond acceptors (Lipinski definition) is 4.